The Hall–Kier alpha value is 0.350. The highest BCUT2D eigenvalue weighted by Crippen LogP contribution is 2.28. The van der Waals surface area contributed by atoms with Gasteiger partial charge in [-0.15, -0.1) is 0 Å². The van der Waals surface area contributed by atoms with Gasteiger partial charge in [0, 0.05) is 0 Å². The minimum absolute atomic E-state index is 0.271. The van der Waals surface area contributed by atoms with E-state index in [1.165, 1.54) is 0 Å². The lowest BCUT2D eigenvalue weighted by molar-refractivity contribution is 0.214. The minimum atomic E-state index is -0.271. The third kappa shape index (κ3) is 8.67. The Balaban J connectivity index is 3.35. The number of unbranched alkanes of at least 4 members (excludes halogenated alkanes) is 2. The van der Waals surface area contributed by atoms with Gasteiger partial charge in [-0.3, -0.25) is 0 Å². The highest BCUT2D eigenvalue weighted by molar-refractivity contribution is 7.39. The molecule has 2 atom stereocenters. The zero-order chi connectivity index (χ0) is 10.1. The summed E-state index contributed by atoms with van der Waals surface area (Å²) >= 11 is 0. The third-order valence-corrected chi connectivity index (χ3v) is 3.39. The number of hydrogen-bond acceptors (Lipinski definition) is 2. The average molecular weight is 206 g/mol. The van der Waals surface area contributed by atoms with Gasteiger partial charge in [0.05, 0.1) is 11.7 Å². The summed E-state index contributed by atoms with van der Waals surface area (Å²) in [6.07, 6.45) is 6.05. The molecule has 0 aromatic rings. The van der Waals surface area contributed by atoms with Crippen LogP contribution in [0.15, 0.2) is 0 Å². The molecule has 2 N–H and O–H groups in total. The molecule has 0 bridgehead atoms. The molecule has 80 valence electrons. The molecule has 2 nitrogen and oxygen atoms in total. The number of aliphatic hydroxyl groups is 2. The molecule has 0 aliphatic rings. The zero-order valence-electron chi connectivity index (χ0n) is 8.79. The second-order valence-electron chi connectivity index (χ2n) is 3.48. The van der Waals surface area contributed by atoms with Gasteiger partial charge in [-0.2, -0.15) is 0 Å². The summed E-state index contributed by atoms with van der Waals surface area (Å²) in [6.45, 7) is 4.23. The molecular formula is C10H23O2P. The Morgan fingerprint density at radius 1 is 0.923 bits per heavy atom. The molecule has 0 rings (SSSR count). The molecule has 0 amide bonds. The van der Waals surface area contributed by atoms with Crippen LogP contribution in [0.25, 0.3) is 0 Å². The summed E-state index contributed by atoms with van der Waals surface area (Å²) in [5.41, 5.74) is 0. The Kier molecular flexibility index (Phi) is 9.17. The first kappa shape index (κ1) is 13.4. The van der Waals surface area contributed by atoms with E-state index >= 15 is 0 Å². The predicted molar refractivity (Wildman–Crippen MR) is 59.4 cm³/mol. The van der Waals surface area contributed by atoms with Gasteiger partial charge in [-0.05, 0) is 12.8 Å². The standard InChI is InChI=1S/C10H23O2P/c1-3-5-7-9(11)13-10(12)8-6-4-2/h9-13H,3-8H2,1-2H3. The van der Waals surface area contributed by atoms with Gasteiger partial charge in [0.15, 0.2) is 0 Å². The van der Waals surface area contributed by atoms with Crippen LogP contribution >= 0.6 is 8.58 Å². The van der Waals surface area contributed by atoms with Gasteiger partial charge in [-0.1, -0.05) is 48.1 Å². The molecule has 0 spiro atoms. The van der Waals surface area contributed by atoms with E-state index in [1.807, 2.05) is 0 Å². The molecule has 0 radical (unpaired) electrons. The lowest BCUT2D eigenvalue weighted by Gasteiger charge is -2.15. The molecular weight excluding hydrogens is 183 g/mol. The van der Waals surface area contributed by atoms with E-state index in [9.17, 15) is 10.2 Å². The molecule has 13 heavy (non-hydrogen) atoms. The SMILES string of the molecule is CCCCC(O)PC(O)CCCC. The minimum Gasteiger partial charge on any atom is -0.389 e. The summed E-state index contributed by atoms with van der Waals surface area (Å²) in [6, 6.07) is 0. The maximum absolute atomic E-state index is 9.50. The molecule has 3 heteroatoms. The van der Waals surface area contributed by atoms with Crippen molar-refractivity contribution in [3.05, 3.63) is 0 Å². The molecule has 0 heterocycles. The van der Waals surface area contributed by atoms with Crippen LogP contribution in [0.4, 0.5) is 0 Å². The number of aliphatic hydroxyl groups excluding tert-OH is 2. The van der Waals surface area contributed by atoms with Crippen molar-refractivity contribution in [1.82, 2.24) is 0 Å². The Morgan fingerprint density at radius 3 is 1.62 bits per heavy atom. The molecule has 0 aliphatic carbocycles. The lowest BCUT2D eigenvalue weighted by Crippen LogP contribution is -2.07. The van der Waals surface area contributed by atoms with E-state index in [0.29, 0.717) is 8.58 Å². The third-order valence-electron chi connectivity index (χ3n) is 2.05. The van der Waals surface area contributed by atoms with Crippen LogP contribution in [-0.2, 0) is 0 Å². The van der Waals surface area contributed by atoms with E-state index in [1.54, 1.807) is 0 Å². The molecule has 2 unspecified atom stereocenters. The van der Waals surface area contributed by atoms with E-state index in [0.717, 1.165) is 38.5 Å². The van der Waals surface area contributed by atoms with Crippen LogP contribution in [0.3, 0.4) is 0 Å². The molecule has 0 fully saturated rings. The van der Waals surface area contributed by atoms with E-state index in [-0.39, 0.29) is 11.7 Å². The predicted octanol–water partition coefficient (Wildman–Crippen LogP) is 2.68. The molecule has 0 saturated carbocycles. The fourth-order valence-corrected chi connectivity index (χ4v) is 2.37. The van der Waals surface area contributed by atoms with E-state index < -0.39 is 0 Å². The molecule has 0 aromatic carbocycles. The Bertz CT molecular complexity index is 97.1. The van der Waals surface area contributed by atoms with Crippen molar-refractivity contribution >= 4 is 8.58 Å². The van der Waals surface area contributed by atoms with E-state index in [4.69, 9.17) is 0 Å². The van der Waals surface area contributed by atoms with Crippen molar-refractivity contribution in [2.45, 2.75) is 64.1 Å². The average Bonchev–Trinajstić information content (AvgIpc) is 2.11. The Labute approximate surface area is 83.5 Å². The first-order valence-electron chi connectivity index (χ1n) is 5.32. The van der Waals surface area contributed by atoms with Gasteiger partial charge in [-0.25, -0.2) is 0 Å². The Morgan fingerprint density at radius 2 is 1.31 bits per heavy atom. The maximum atomic E-state index is 9.50. The fourth-order valence-electron chi connectivity index (χ4n) is 1.18. The van der Waals surface area contributed by atoms with Crippen molar-refractivity contribution in [3.63, 3.8) is 0 Å². The first-order valence-corrected chi connectivity index (χ1v) is 6.48. The number of hydrogen-bond donors (Lipinski definition) is 2. The summed E-state index contributed by atoms with van der Waals surface area (Å²) in [5, 5.41) is 19.0. The van der Waals surface area contributed by atoms with Gasteiger partial charge in [0.2, 0.25) is 0 Å². The highest BCUT2D eigenvalue weighted by atomic mass is 31.1. The molecule has 0 aromatic heterocycles. The van der Waals surface area contributed by atoms with Crippen molar-refractivity contribution in [2.24, 2.45) is 0 Å². The first-order chi connectivity index (χ1) is 6.20. The van der Waals surface area contributed by atoms with Crippen LogP contribution < -0.4 is 0 Å². The molecule has 0 aliphatic heterocycles. The summed E-state index contributed by atoms with van der Waals surface area (Å²) in [4.78, 5) is 0. The van der Waals surface area contributed by atoms with Crippen molar-refractivity contribution in [1.29, 1.82) is 0 Å². The fraction of sp³-hybridized carbons (Fsp3) is 1.00. The monoisotopic (exact) mass is 206 g/mol. The summed E-state index contributed by atoms with van der Waals surface area (Å²) in [7, 11) is 0.311. The zero-order valence-corrected chi connectivity index (χ0v) is 9.79. The maximum Gasteiger partial charge on any atom is 0.0727 e. The van der Waals surface area contributed by atoms with Crippen molar-refractivity contribution < 1.29 is 10.2 Å². The van der Waals surface area contributed by atoms with Gasteiger partial charge in [0.25, 0.3) is 0 Å². The second kappa shape index (κ2) is 8.93. The van der Waals surface area contributed by atoms with Gasteiger partial charge >= 0.3 is 0 Å². The smallest absolute Gasteiger partial charge is 0.0727 e. The highest BCUT2D eigenvalue weighted by Gasteiger charge is 2.10. The quantitative estimate of drug-likeness (QED) is 0.599. The summed E-state index contributed by atoms with van der Waals surface area (Å²) in [5.74, 6) is -0.543. The summed E-state index contributed by atoms with van der Waals surface area (Å²) < 4.78 is 0. The molecule has 0 saturated heterocycles. The van der Waals surface area contributed by atoms with Crippen molar-refractivity contribution in [2.75, 3.05) is 0 Å². The second-order valence-corrected chi connectivity index (χ2v) is 5.15. The largest absolute Gasteiger partial charge is 0.389 e. The van der Waals surface area contributed by atoms with Crippen LogP contribution in [0.1, 0.15) is 52.4 Å². The van der Waals surface area contributed by atoms with E-state index in [2.05, 4.69) is 13.8 Å². The van der Waals surface area contributed by atoms with Gasteiger partial charge < -0.3 is 10.2 Å². The normalized spacial score (nSPS) is 16.6. The van der Waals surface area contributed by atoms with Crippen LogP contribution in [-0.4, -0.2) is 21.9 Å². The number of rotatable bonds is 8. The van der Waals surface area contributed by atoms with Crippen molar-refractivity contribution in [3.8, 4) is 0 Å². The van der Waals surface area contributed by atoms with Gasteiger partial charge in [0.1, 0.15) is 0 Å². The topological polar surface area (TPSA) is 40.5 Å². The van der Waals surface area contributed by atoms with Crippen LogP contribution in [0.5, 0.6) is 0 Å². The lowest BCUT2D eigenvalue weighted by atomic mass is 10.3. The van der Waals surface area contributed by atoms with Crippen LogP contribution in [0, 0.1) is 0 Å². The van der Waals surface area contributed by atoms with Crippen LogP contribution in [0.2, 0.25) is 0 Å².